The highest BCUT2D eigenvalue weighted by Gasteiger charge is 2.67. The van der Waals surface area contributed by atoms with Gasteiger partial charge in [-0.3, -0.25) is 0 Å². The molecular formula is C19H22N2O2S. The molecule has 1 aliphatic rings. The van der Waals surface area contributed by atoms with Gasteiger partial charge in [0.15, 0.2) is 5.11 Å². The van der Waals surface area contributed by atoms with Crippen LogP contribution in [0.5, 0.6) is 0 Å². The van der Waals surface area contributed by atoms with Crippen LogP contribution in [0.15, 0.2) is 60.7 Å². The number of hydrogen-bond donors (Lipinski definition) is 0. The van der Waals surface area contributed by atoms with E-state index in [1.54, 1.807) is 14.2 Å². The second-order valence-corrected chi connectivity index (χ2v) is 6.19. The summed E-state index contributed by atoms with van der Waals surface area (Å²) in [4.78, 5) is 3.93. The summed E-state index contributed by atoms with van der Waals surface area (Å²) in [5, 5.41) is 0.659. The maximum atomic E-state index is 6.17. The summed E-state index contributed by atoms with van der Waals surface area (Å²) in [5.41, 5.74) is 0.145. The summed E-state index contributed by atoms with van der Waals surface area (Å²) in [5.74, 6) is 0. The summed E-state index contributed by atoms with van der Waals surface area (Å²) < 4.78 is 12.3. The first kappa shape index (κ1) is 16.9. The van der Waals surface area contributed by atoms with Gasteiger partial charge in [0.1, 0.15) is 0 Å². The lowest BCUT2D eigenvalue weighted by molar-refractivity contribution is -0.264. The minimum absolute atomic E-state index is 0.659. The minimum atomic E-state index is -0.907. The standard InChI is InChI=1S/C19H22N2O2S/c1-20-17(24)21(2)19(23-4,16-13-9-6-10-14-16)18(20,22-3)15-11-7-5-8-12-15/h5-14H,1-4H3. The molecule has 0 N–H and O–H groups in total. The van der Waals surface area contributed by atoms with Gasteiger partial charge in [-0.05, 0) is 12.2 Å². The molecule has 1 fully saturated rings. The van der Waals surface area contributed by atoms with Gasteiger partial charge in [-0.15, -0.1) is 0 Å². The Morgan fingerprint density at radius 2 is 1.04 bits per heavy atom. The number of nitrogens with zero attached hydrogens (tertiary/aromatic N) is 2. The maximum absolute atomic E-state index is 6.17. The molecule has 1 saturated heterocycles. The molecule has 1 heterocycles. The first-order valence-corrected chi connectivity index (χ1v) is 8.20. The zero-order valence-electron chi connectivity index (χ0n) is 14.4. The highest BCUT2D eigenvalue weighted by Crippen LogP contribution is 2.54. The van der Waals surface area contributed by atoms with E-state index in [0.29, 0.717) is 5.11 Å². The third-order valence-corrected chi connectivity index (χ3v) is 5.45. The van der Waals surface area contributed by atoms with Crippen LogP contribution in [0.3, 0.4) is 0 Å². The molecule has 0 bridgehead atoms. The monoisotopic (exact) mass is 342 g/mol. The normalized spacial score (nSPS) is 26.9. The Morgan fingerprint density at radius 3 is 1.33 bits per heavy atom. The predicted molar refractivity (Wildman–Crippen MR) is 98.4 cm³/mol. The van der Waals surface area contributed by atoms with Crippen LogP contribution in [-0.2, 0) is 20.9 Å². The van der Waals surface area contributed by atoms with Crippen molar-refractivity contribution in [1.82, 2.24) is 9.80 Å². The molecule has 3 rings (SSSR count). The van der Waals surface area contributed by atoms with Crippen LogP contribution in [0.25, 0.3) is 0 Å². The zero-order chi connectivity index (χ0) is 17.4. The first-order valence-electron chi connectivity index (χ1n) is 7.79. The number of thiocarbonyl (C=S) groups is 1. The Balaban J connectivity index is 2.37. The van der Waals surface area contributed by atoms with Crippen molar-refractivity contribution in [2.75, 3.05) is 28.3 Å². The largest absolute Gasteiger partial charge is 0.350 e. The minimum Gasteiger partial charge on any atom is -0.350 e. The van der Waals surface area contributed by atoms with E-state index in [1.807, 2.05) is 84.6 Å². The third kappa shape index (κ3) is 1.95. The van der Waals surface area contributed by atoms with E-state index in [1.165, 1.54) is 0 Å². The molecule has 24 heavy (non-hydrogen) atoms. The van der Waals surface area contributed by atoms with Gasteiger partial charge in [-0.1, -0.05) is 60.7 Å². The van der Waals surface area contributed by atoms with E-state index in [-0.39, 0.29) is 0 Å². The van der Waals surface area contributed by atoms with Gasteiger partial charge in [-0.25, -0.2) is 0 Å². The molecule has 0 amide bonds. The second-order valence-electron chi connectivity index (χ2n) is 5.83. The fourth-order valence-electron chi connectivity index (χ4n) is 3.84. The summed E-state index contributed by atoms with van der Waals surface area (Å²) in [6, 6.07) is 20.1. The van der Waals surface area contributed by atoms with Crippen LogP contribution in [0.4, 0.5) is 0 Å². The summed E-state index contributed by atoms with van der Waals surface area (Å²) >= 11 is 5.69. The molecule has 0 saturated carbocycles. The fourth-order valence-corrected chi connectivity index (χ4v) is 4.10. The van der Waals surface area contributed by atoms with Crippen molar-refractivity contribution < 1.29 is 9.47 Å². The molecule has 2 aromatic rings. The average molecular weight is 342 g/mol. The van der Waals surface area contributed by atoms with Crippen LogP contribution in [0, 0.1) is 0 Å². The number of likely N-dealkylation sites (N-methyl/N-ethyl adjacent to an activating group) is 2. The van der Waals surface area contributed by atoms with Gasteiger partial charge in [0.05, 0.1) is 0 Å². The lowest BCUT2D eigenvalue weighted by Gasteiger charge is -2.47. The molecule has 1 aliphatic heterocycles. The number of methoxy groups -OCH3 is 2. The van der Waals surface area contributed by atoms with Gasteiger partial charge < -0.3 is 19.3 Å². The lowest BCUT2D eigenvalue weighted by Crippen LogP contribution is -2.58. The van der Waals surface area contributed by atoms with Crippen LogP contribution < -0.4 is 0 Å². The van der Waals surface area contributed by atoms with E-state index >= 15 is 0 Å². The van der Waals surface area contributed by atoms with E-state index < -0.39 is 11.4 Å². The summed E-state index contributed by atoms with van der Waals surface area (Å²) in [6.45, 7) is 0. The first-order chi connectivity index (χ1) is 11.6. The average Bonchev–Trinajstić information content (AvgIpc) is 2.82. The van der Waals surface area contributed by atoms with Gasteiger partial charge >= 0.3 is 0 Å². The predicted octanol–water partition coefficient (Wildman–Crippen LogP) is 3.15. The van der Waals surface area contributed by atoms with Crippen molar-refractivity contribution in [3.63, 3.8) is 0 Å². The van der Waals surface area contributed by atoms with Crippen LogP contribution in [-0.4, -0.2) is 43.2 Å². The van der Waals surface area contributed by atoms with Crippen molar-refractivity contribution in [1.29, 1.82) is 0 Å². The second kappa shape index (κ2) is 6.16. The highest BCUT2D eigenvalue weighted by molar-refractivity contribution is 7.80. The molecular weight excluding hydrogens is 320 g/mol. The quantitative estimate of drug-likeness (QED) is 0.795. The summed E-state index contributed by atoms with van der Waals surface area (Å²) in [6.07, 6.45) is 0. The molecule has 0 radical (unpaired) electrons. The molecule has 0 spiro atoms. The SMILES string of the molecule is COC1(c2ccccc2)N(C)C(=S)N(C)C1(OC)c1ccccc1. The van der Waals surface area contributed by atoms with E-state index in [2.05, 4.69) is 0 Å². The van der Waals surface area contributed by atoms with Gasteiger partial charge in [-0.2, -0.15) is 0 Å². The van der Waals surface area contributed by atoms with Gasteiger partial charge in [0.2, 0.25) is 11.4 Å². The number of rotatable bonds is 4. The number of hydrogen-bond acceptors (Lipinski definition) is 3. The third-order valence-electron chi connectivity index (χ3n) is 4.90. The topological polar surface area (TPSA) is 24.9 Å². The van der Waals surface area contributed by atoms with E-state index in [0.717, 1.165) is 11.1 Å². The van der Waals surface area contributed by atoms with Crippen LogP contribution >= 0.6 is 12.2 Å². The van der Waals surface area contributed by atoms with E-state index in [9.17, 15) is 0 Å². The molecule has 2 atom stereocenters. The van der Waals surface area contributed by atoms with Crippen LogP contribution in [0.1, 0.15) is 11.1 Å². The van der Waals surface area contributed by atoms with Crippen molar-refractivity contribution in [3.8, 4) is 0 Å². The molecule has 2 aromatic carbocycles. The highest BCUT2D eigenvalue weighted by atomic mass is 32.1. The fraction of sp³-hybridized carbons (Fsp3) is 0.316. The van der Waals surface area contributed by atoms with Crippen molar-refractivity contribution in [2.24, 2.45) is 0 Å². The van der Waals surface area contributed by atoms with Crippen molar-refractivity contribution in [2.45, 2.75) is 11.4 Å². The van der Waals surface area contributed by atoms with Gasteiger partial charge in [0.25, 0.3) is 0 Å². The Bertz CT molecular complexity index is 663. The smallest absolute Gasteiger partial charge is 0.222 e. The zero-order valence-corrected chi connectivity index (χ0v) is 15.2. The Morgan fingerprint density at radius 1 is 0.708 bits per heavy atom. The molecule has 4 nitrogen and oxygen atoms in total. The maximum Gasteiger partial charge on any atom is 0.222 e. The molecule has 0 aliphatic carbocycles. The number of benzene rings is 2. The molecule has 0 aromatic heterocycles. The Hall–Kier alpha value is -1.95. The molecule has 2 unspecified atom stereocenters. The summed E-state index contributed by atoms with van der Waals surface area (Å²) in [7, 11) is 7.28. The Labute approximate surface area is 148 Å². The van der Waals surface area contributed by atoms with E-state index in [4.69, 9.17) is 21.7 Å². The molecule has 126 valence electrons. The van der Waals surface area contributed by atoms with Crippen LogP contribution in [0.2, 0.25) is 0 Å². The molecule has 5 heteroatoms. The Kier molecular flexibility index (Phi) is 4.34. The van der Waals surface area contributed by atoms with Crippen molar-refractivity contribution in [3.05, 3.63) is 71.8 Å². The number of ether oxygens (including phenoxy) is 2. The van der Waals surface area contributed by atoms with Crippen molar-refractivity contribution >= 4 is 17.3 Å². The lowest BCUT2D eigenvalue weighted by atomic mass is 9.85. The van der Waals surface area contributed by atoms with Gasteiger partial charge in [0, 0.05) is 39.4 Å².